The van der Waals surface area contributed by atoms with Gasteiger partial charge in [0.2, 0.25) is 5.91 Å². The van der Waals surface area contributed by atoms with E-state index in [0.717, 1.165) is 4.90 Å². The molecule has 0 atom stereocenters. The normalized spacial score (nSPS) is 10.2. The van der Waals surface area contributed by atoms with Gasteiger partial charge in [-0.05, 0) is 24.5 Å². The number of para-hydroxylation sites is 1. The van der Waals surface area contributed by atoms with Crippen LogP contribution in [0, 0.1) is 0 Å². The van der Waals surface area contributed by atoms with Crippen LogP contribution in [0.3, 0.4) is 0 Å². The summed E-state index contributed by atoms with van der Waals surface area (Å²) in [5.74, 6) is -0.763. The summed E-state index contributed by atoms with van der Waals surface area (Å²) >= 11 is 1.52. The second-order valence-electron chi connectivity index (χ2n) is 4.72. The quantitative estimate of drug-likeness (QED) is 0.802. The minimum atomic E-state index is -0.449. The first-order valence-corrected chi connectivity index (χ1v) is 7.98. The smallest absolute Gasteiger partial charge is 0.274 e. The fraction of sp³-hybridized carbons (Fsp3) is 0.200. The van der Waals surface area contributed by atoms with Gasteiger partial charge in [0, 0.05) is 18.0 Å². The predicted molar refractivity (Wildman–Crippen MR) is 88.7 cm³/mol. The molecule has 0 aliphatic heterocycles. The SMILES string of the molecule is CSc1ccccc1NC(=O)CN(C)C(=O)c1ccc(=O)[nH]n1. The highest BCUT2D eigenvalue weighted by molar-refractivity contribution is 7.98. The number of rotatable bonds is 5. The average Bonchev–Trinajstić information content (AvgIpc) is 2.55. The van der Waals surface area contributed by atoms with Gasteiger partial charge >= 0.3 is 0 Å². The maximum atomic E-state index is 12.1. The van der Waals surface area contributed by atoms with Gasteiger partial charge in [0.15, 0.2) is 0 Å². The van der Waals surface area contributed by atoms with Gasteiger partial charge in [-0.3, -0.25) is 14.4 Å². The van der Waals surface area contributed by atoms with E-state index in [2.05, 4.69) is 15.5 Å². The lowest BCUT2D eigenvalue weighted by molar-refractivity contribution is -0.116. The third-order valence-corrected chi connectivity index (χ3v) is 3.80. The summed E-state index contributed by atoms with van der Waals surface area (Å²) in [6.07, 6.45) is 1.92. The monoisotopic (exact) mass is 332 g/mol. The Hall–Kier alpha value is -2.61. The van der Waals surface area contributed by atoms with Crippen LogP contribution in [0.15, 0.2) is 46.1 Å². The minimum Gasteiger partial charge on any atom is -0.331 e. The number of carbonyl (C=O) groups is 2. The number of amides is 2. The second kappa shape index (κ2) is 7.59. The van der Waals surface area contributed by atoms with E-state index in [1.165, 1.54) is 35.8 Å². The molecule has 2 rings (SSSR count). The van der Waals surface area contributed by atoms with Crippen molar-refractivity contribution in [1.82, 2.24) is 15.1 Å². The van der Waals surface area contributed by atoms with Gasteiger partial charge in [0.1, 0.15) is 5.69 Å². The van der Waals surface area contributed by atoms with Crippen LogP contribution in [-0.2, 0) is 4.79 Å². The Labute approximate surface area is 137 Å². The van der Waals surface area contributed by atoms with Crippen molar-refractivity contribution in [2.45, 2.75) is 4.90 Å². The van der Waals surface area contributed by atoms with Crippen LogP contribution >= 0.6 is 11.8 Å². The van der Waals surface area contributed by atoms with E-state index in [4.69, 9.17) is 0 Å². The van der Waals surface area contributed by atoms with Crippen LogP contribution in [0.4, 0.5) is 5.69 Å². The molecule has 2 aromatic rings. The lowest BCUT2D eigenvalue weighted by Gasteiger charge is -2.16. The number of benzene rings is 1. The van der Waals surface area contributed by atoms with Gasteiger partial charge in [-0.15, -0.1) is 11.8 Å². The summed E-state index contributed by atoms with van der Waals surface area (Å²) in [6.45, 7) is -0.123. The van der Waals surface area contributed by atoms with Crippen LogP contribution in [0.1, 0.15) is 10.5 Å². The fourth-order valence-electron chi connectivity index (χ4n) is 1.88. The first-order chi connectivity index (χ1) is 11.0. The molecule has 23 heavy (non-hydrogen) atoms. The molecule has 1 aromatic heterocycles. The van der Waals surface area contributed by atoms with E-state index < -0.39 is 11.5 Å². The highest BCUT2D eigenvalue weighted by atomic mass is 32.2. The Kier molecular flexibility index (Phi) is 5.53. The van der Waals surface area contributed by atoms with Crippen LogP contribution in [0.2, 0.25) is 0 Å². The number of aromatic nitrogens is 2. The zero-order valence-electron chi connectivity index (χ0n) is 12.7. The van der Waals surface area contributed by atoms with Crippen LogP contribution in [0.25, 0.3) is 0 Å². The third kappa shape index (κ3) is 4.43. The molecule has 0 spiro atoms. The molecule has 0 aliphatic carbocycles. The van der Waals surface area contributed by atoms with E-state index in [9.17, 15) is 14.4 Å². The Bertz CT molecular complexity index is 755. The van der Waals surface area contributed by atoms with Gasteiger partial charge in [0.05, 0.1) is 12.2 Å². The number of nitrogens with one attached hydrogen (secondary N) is 2. The standard InChI is InChI=1S/C15H16N4O3S/c1-19(15(22)11-7-8-13(20)18-17-11)9-14(21)16-10-5-3-4-6-12(10)23-2/h3-8H,9H2,1-2H3,(H,16,21)(H,18,20). The zero-order chi connectivity index (χ0) is 16.8. The summed E-state index contributed by atoms with van der Waals surface area (Å²) in [6, 6.07) is 9.95. The van der Waals surface area contributed by atoms with Crippen molar-refractivity contribution < 1.29 is 9.59 Å². The number of aromatic amines is 1. The Balaban J connectivity index is 2.00. The lowest BCUT2D eigenvalue weighted by atomic mass is 10.3. The predicted octanol–water partition coefficient (Wildman–Crippen LogP) is 1.20. The summed E-state index contributed by atoms with van der Waals surface area (Å²) in [7, 11) is 1.50. The van der Waals surface area contributed by atoms with E-state index in [1.54, 1.807) is 6.07 Å². The highest BCUT2D eigenvalue weighted by Gasteiger charge is 2.17. The van der Waals surface area contributed by atoms with Crippen molar-refractivity contribution >= 4 is 29.3 Å². The molecule has 120 valence electrons. The third-order valence-electron chi connectivity index (χ3n) is 3.01. The summed E-state index contributed by atoms with van der Waals surface area (Å²) in [5.41, 5.74) is 0.382. The summed E-state index contributed by atoms with van der Waals surface area (Å²) in [5, 5.41) is 8.62. The van der Waals surface area contributed by atoms with Crippen LogP contribution in [-0.4, -0.2) is 46.8 Å². The number of nitrogens with zero attached hydrogens (tertiary/aromatic N) is 2. The van der Waals surface area contributed by atoms with Gasteiger partial charge < -0.3 is 10.2 Å². The van der Waals surface area contributed by atoms with E-state index in [1.807, 2.05) is 24.5 Å². The molecule has 0 saturated carbocycles. The number of likely N-dealkylation sites (N-methyl/N-ethyl adjacent to an activating group) is 1. The topological polar surface area (TPSA) is 95.2 Å². The van der Waals surface area contributed by atoms with Gasteiger partial charge in [-0.2, -0.15) is 5.10 Å². The molecular weight excluding hydrogens is 316 g/mol. The number of thioether (sulfide) groups is 1. The van der Waals surface area contributed by atoms with Crippen molar-refractivity contribution in [3.8, 4) is 0 Å². The molecule has 7 nitrogen and oxygen atoms in total. The highest BCUT2D eigenvalue weighted by Crippen LogP contribution is 2.24. The molecule has 2 amide bonds. The Morgan fingerprint density at radius 3 is 2.65 bits per heavy atom. The van der Waals surface area contributed by atoms with Crippen molar-refractivity contribution in [2.75, 3.05) is 25.2 Å². The van der Waals surface area contributed by atoms with E-state index in [0.29, 0.717) is 5.69 Å². The maximum Gasteiger partial charge on any atom is 0.274 e. The van der Waals surface area contributed by atoms with Gasteiger partial charge in [0.25, 0.3) is 11.5 Å². The first kappa shape index (κ1) is 16.8. The van der Waals surface area contributed by atoms with Gasteiger partial charge in [-0.25, -0.2) is 5.10 Å². The van der Waals surface area contributed by atoms with Crippen LogP contribution in [0.5, 0.6) is 0 Å². The second-order valence-corrected chi connectivity index (χ2v) is 5.56. The molecular formula is C15H16N4O3S. The number of carbonyl (C=O) groups excluding carboxylic acids is 2. The molecule has 0 unspecified atom stereocenters. The number of H-pyrrole nitrogens is 1. The Morgan fingerprint density at radius 2 is 2.00 bits per heavy atom. The van der Waals surface area contributed by atoms with Crippen molar-refractivity contribution in [3.05, 3.63) is 52.4 Å². The Morgan fingerprint density at radius 1 is 1.26 bits per heavy atom. The fourth-order valence-corrected chi connectivity index (χ4v) is 2.44. The molecule has 0 aliphatic rings. The lowest BCUT2D eigenvalue weighted by Crippen LogP contribution is -2.35. The molecule has 2 N–H and O–H groups in total. The minimum absolute atomic E-state index is 0.0735. The summed E-state index contributed by atoms with van der Waals surface area (Å²) < 4.78 is 0. The molecule has 1 aromatic carbocycles. The molecule has 0 bridgehead atoms. The summed E-state index contributed by atoms with van der Waals surface area (Å²) in [4.78, 5) is 37.3. The molecule has 0 radical (unpaired) electrons. The van der Waals surface area contributed by atoms with Gasteiger partial charge in [-0.1, -0.05) is 12.1 Å². The molecule has 1 heterocycles. The van der Waals surface area contributed by atoms with Crippen molar-refractivity contribution in [3.63, 3.8) is 0 Å². The maximum absolute atomic E-state index is 12.1. The average molecular weight is 332 g/mol. The van der Waals surface area contributed by atoms with Crippen LogP contribution < -0.4 is 10.9 Å². The van der Waals surface area contributed by atoms with E-state index >= 15 is 0 Å². The molecule has 8 heteroatoms. The first-order valence-electron chi connectivity index (χ1n) is 6.75. The van der Waals surface area contributed by atoms with Crippen molar-refractivity contribution in [1.29, 1.82) is 0 Å². The number of hydrogen-bond acceptors (Lipinski definition) is 5. The number of hydrogen-bond donors (Lipinski definition) is 2. The van der Waals surface area contributed by atoms with E-state index in [-0.39, 0.29) is 18.1 Å². The zero-order valence-corrected chi connectivity index (χ0v) is 13.5. The van der Waals surface area contributed by atoms with Crippen molar-refractivity contribution in [2.24, 2.45) is 0 Å². The largest absolute Gasteiger partial charge is 0.331 e. The molecule has 0 fully saturated rings. The molecule has 0 saturated heterocycles. The number of anilines is 1.